The van der Waals surface area contributed by atoms with Gasteiger partial charge in [0.15, 0.2) is 0 Å². The number of nitrogens with one attached hydrogen (secondary N) is 2. The summed E-state index contributed by atoms with van der Waals surface area (Å²) in [6, 6.07) is -0.702. The quantitative estimate of drug-likeness (QED) is 0.669. The number of carboxylic acid groups (broad SMARTS) is 1. The van der Waals surface area contributed by atoms with E-state index in [2.05, 4.69) is 10.6 Å². The van der Waals surface area contributed by atoms with Crippen LogP contribution in [0.4, 0.5) is 0 Å². The second-order valence-corrected chi connectivity index (χ2v) is 5.47. The van der Waals surface area contributed by atoms with Gasteiger partial charge in [-0.05, 0) is 34.6 Å². The lowest BCUT2D eigenvalue weighted by Crippen LogP contribution is -2.60. The second-order valence-electron chi connectivity index (χ2n) is 5.47. The van der Waals surface area contributed by atoms with Gasteiger partial charge in [-0.3, -0.25) is 14.4 Å². The van der Waals surface area contributed by atoms with Crippen LogP contribution in [0.1, 0.15) is 41.5 Å². The van der Waals surface area contributed by atoms with Gasteiger partial charge in [-0.1, -0.05) is 0 Å². The van der Waals surface area contributed by atoms with E-state index in [9.17, 15) is 14.4 Å². The third kappa shape index (κ3) is 3.72. The zero-order valence-electron chi connectivity index (χ0n) is 11.7. The lowest BCUT2D eigenvalue weighted by atomic mass is 9.74. The Kier molecular flexibility index (Phi) is 4.90. The highest BCUT2D eigenvalue weighted by molar-refractivity contribution is 5.87. The van der Waals surface area contributed by atoms with Crippen LogP contribution in [0.15, 0.2) is 0 Å². The highest BCUT2D eigenvalue weighted by atomic mass is 16.4. The molecule has 18 heavy (non-hydrogen) atoms. The largest absolute Gasteiger partial charge is 0.481 e. The molecule has 0 saturated heterocycles. The number of aliphatic carboxylic acids is 1. The molecular weight excluding hydrogens is 236 g/mol. The van der Waals surface area contributed by atoms with Gasteiger partial charge < -0.3 is 15.7 Å². The first-order valence-electron chi connectivity index (χ1n) is 5.74. The average Bonchev–Trinajstić information content (AvgIpc) is 2.14. The number of amides is 2. The van der Waals surface area contributed by atoms with Crippen molar-refractivity contribution >= 4 is 17.8 Å². The molecule has 104 valence electrons. The highest BCUT2D eigenvalue weighted by Gasteiger charge is 2.44. The molecule has 0 heterocycles. The Morgan fingerprint density at radius 2 is 1.56 bits per heavy atom. The lowest BCUT2D eigenvalue weighted by Gasteiger charge is -2.39. The topological polar surface area (TPSA) is 95.5 Å². The van der Waals surface area contributed by atoms with Crippen molar-refractivity contribution in [3.8, 4) is 0 Å². The fourth-order valence-electron chi connectivity index (χ4n) is 1.21. The average molecular weight is 258 g/mol. The third-order valence-corrected chi connectivity index (χ3v) is 3.35. The third-order valence-electron chi connectivity index (χ3n) is 3.35. The van der Waals surface area contributed by atoms with Gasteiger partial charge in [0.1, 0.15) is 6.04 Å². The molecule has 0 spiro atoms. The van der Waals surface area contributed by atoms with Gasteiger partial charge >= 0.3 is 5.97 Å². The molecule has 0 aromatic carbocycles. The van der Waals surface area contributed by atoms with Crippen molar-refractivity contribution in [2.75, 3.05) is 0 Å². The molecule has 0 aromatic rings. The van der Waals surface area contributed by atoms with E-state index >= 15 is 0 Å². The van der Waals surface area contributed by atoms with Crippen molar-refractivity contribution in [2.45, 2.75) is 53.1 Å². The van der Waals surface area contributed by atoms with Crippen LogP contribution in [0.25, 0.3) is 0 Å². The Morgan fingerprint density at radius 1 is 1.11 bits per heavy atom. The van der Waals surface area contributed by atoms with Crippen LogP contribution < -0.4 is 10.6 Å². The van der Waals surface area contributed by atoms with E-state index in [0.717, 1.165) is 0 Å². The van der Waals surface area contributed by atoms with Crippen molar-refractivity contribution < 1.29 is 19.5 Å². The zero-order valence-corrected chi connectivity index (χ0v) is 11.7. The van der Waals surface area contributed by atoms with Gasteiger partial charge in [0.25, 0.3) is 0 Å². The first-order chi connectivity index (χ1) is 7.91. The summed E-state index contributed by atoms with van der Waals surface area (Å²) < 4.78 is 0. The van der Waals surface area contributed by atoms with Crippen LogP contribution in [0, 0.1) is 5.41 Å². The fraction of sp³-hybridized carbons (Fsp3) is 0.750. The normalized spacial score (nSPS) is 13.7. The van der Waals surface area contributed by atoms with E-state index in [-0.39, 0.29) is 5.91 Å². The van der Waals surface area contributed by atoms with Crippen LogP contribution in [-0.4, -0.2) is 34.5 Å². The Morgan fingerprint density at radius 3 is 1.89 bits per heavy atom. The molecule has 0 aliphatic carbocycles. The van der Waals surface area contributed by atoms with E-state index in [1.54, 1.807) is 34.6 Å². The molecule has 0 rings (SSSR count). The highest BCUT2D eigenvalue weighted by Crippen LogP contribution is 2.30. The molecular formula is C12H22N2O4. The maximum Gasteiger partial charge on any atom is 0.311 e. The Hall–Kier alpha value is -1.59. The summed E-state index contributed by atoms with van der Waals surface area (Å²) in [7, 11) is 0. The summed E-state index contributed by atoms with van der Waals surface area (Å²) >= 11 is 0. The Labute approximate surface area is 107 Å². The van der Waals surface area contributed by atoms with E-state index in [1.165, 1.54) is 6.92 Å². The second kappa shape index (κ2) is 5.37. The van der Waals surface area contributed by atoms with Crippen LogP contribution >= 0.6 is 0 Å². The van der Waals surface area contributed by atoms with Crippen molar-refractivity contribution in [3.05, 3.63) is 0 Å². The number of hydrogen-bond acceptors (Lipinski definition) is 3. The van der Waals surface area contributed by atoms with E-state index < -0.39 is 28.9 Å². The number of carboxylic acids is 1. The van der Waals surface area contributed by atoms with Gasteiger partial charge in [0.2, 0.25) is 11.8 Å². The summed E-state index contributed by atoms with van der Waals surface area (Å²) in [5.41, 5.74) is -2.07. The number of carbonyl (C=O) groups is 3. The van der Waals surface area contributed by atoms with E-state index in [1.807, 2.05) is 0 Å². The molecule has 3 N–H and O–H groups in total. The minimum atomic E-state index is -1.13. The van der Waals surface area contributed by atoms with Gasteiger partial charge in [0.05, 0.1) is 11.0 Å². The summed E-state index contributed by atoms with van der Waals surface area (Å²) in [5, 5.41) is 14.2. The Balaban J connectivity index is 4.83. The number of rotatable bonds is 5. The summed E-state index contributed by atoms with van der Waals surface area (Å²) in [4.78, 5) is 33.9. The van der Waals surface area contributed by atoms with Crippen molar-refractivity contribution in [1.29, 1.82) is 0 Å². The smallest absolute Gasteiger partial charge is 0.311 e. The molecule has 0 aliphatic rings. The van der Waals surface area contributed by atoms with Crippen LogP contribution in [-0.2, 0) is 14.4 Å². The predicted molar refractivity (Wildman–Crippen MR) is 66.9 cm³/mol. The molecule has 1 unspecified atom stereocenters. The standard InChI is InChI=1S/C12H22N2O4/c1-7(13-8(2)15)9(16)14-12(5,6)11(3,4)10(17)18/h7H,1-6H3,(H,13,15)(H,14,16)(H,17,18). The summed E-state index contributed by atoms with van der Waals surface area (Å²) in [6.45, 7) is 9.22. The van der Waals surface area contributed by atoms with Gasteiger partial charge in [0, 0.05) is 6.92 Å². The maximum atomic E-state index is 11.8. The van der Waals surface area contributed by atoms with E-state index in [0.29, 0.717) is 0 Å². The molecule has 0 aromatic heterocycles. The molecule has 0 aliphatic heterocycles. The minimum absolute atomic E-state index is 0.312. The zero-order chi connectivity index (χ0) is 14.7. The van der Waals surface area contributed by atoms with Crippen LogP contribution in [0.2, 0.25) is 0 Å². The lowest BCUT2D eigenvalue weighted by molar-refractivity contribution is -0.152. The van der Waals surface area contributed by atoms with Crippen molar-refractivity contribution in [1.82, 2.24) is 10.6 Å². The number of hydrogen-bond donors (Lipinski definition) is 3. The van der Waals surface area contributed by atoms with Crippen molar-refractivity contribution in [2.24, 2.45) is 5.41 Å². The van der Waals surface area contributed by atoms with Crippen molar-refractivity contribution in [3.63, 3.8) is 0 Å². The molecule has 0 fully saturated rings. The molecule has 1 atom stereocenters. The SMILES string of the molecule is CC(=O)NC(C)C(=O)NC(C)(C)C(C)(C)C(=O)O. The van der Waals surface area contributed by atoms with Crippen LogP contribution in [0.5, 0.6) is 0 Å². The molecule has 0 radical (unpaired) electrons. The molecule has 2 amide bonds. The van der Waals surface area contributed by atoms with Crippen LogP contribution in [0.3, 0.4) is 0 Å². The maximum absolute atomic E-state index is 11.8. The Bertz CT molecular complexity index is 361. The molecule has 6 nitrogen and oxygen atoms in total. The molecule has 6 heteroatoms. The summed E-state index contributed by atoms with van der Waals surface area (Å²) in [5.74, 6) is -1.72. The van der Waals surface area contributed by atoms with Gasteiger partial charge in [-0.25, -0.2) is 0 Å². The molecule has 0 saturated carbocycles. The monoisotopic (exact) mass is 258 g/mol. The minimum Gasteiger partial charge on any atom is -0.481 e. The molecule has 0 bridgehead atoms. The summed E-state index contributed by atoms with van der Waals surface area (Å²) in [6.07, 6.45) is 0. The first kappa shape index (κ1) is 16.4. The fourth-order valence-corrected chi connectivity index (χ4v) is 1.21. The number of carbonyl (C=O) groups excluding carboxylic acids is 2. The first-order valence-corrected chi connectivity index (χ1v) is 5.74. The van der Waals surface area contributed by atoms with Gasteiger partial charge in [-0.15, -0.1) is 0 Å². The van der Waals surface area contributed by atoms with E-state index in [4.69, 9.17) is 5.11 Å². The predicted octanol–water partition coefficient (Wildman–Crippen LogP) is 0.517. The van der Waals surface area contributed by atoms with Gasteiger partial charge in [-0.2, -0.15) is 0 Å².